The molecule has 1 aliphatic rings. The van der Waals surface area contributed by atoms with Crippen molar-refractivity contribution in [3.63, 3.8) is 0 Å². The molecule has 0 radical (unpaired) electrons. The summed E-state index contributed by atoms with van der Waals surface area (Å²) in [5, 5.41) is 6.41. The quantitative estimate of drug-likeness (QED) is 0.588. The third kappa shape index (κ3) is 2.25. The average molecular weight is 263 g/mol. The van der Waals surface area contributed by atoms with Gasteiger partial charge in [0.25, 0.3) is 0 Å². The molecule has 0 aromatic heterocycles. The molecule has 0 bridgehead atoms. The molecule has 0 aliphatic heterocycles. The first-order chi connectivity index (χ1) is 9.79. The van der Waals surface area contributed by atoms with Gasteiger partial charge < -0.3 is 4.84 Å². The van der Waals surface area contributed by atoms with Gasteiger partial charge in [-0.1, -0.05) is 41.6 Å². The van der Waals surface area contributed by atoms with E-state index in [1.807, 2.05) is 0 Å². The molecule has 0 unspecified atom stereocenters. The lowest BCUT2D eigenvalue weighted by Gasteiger charge is -2.11. The highest BCUT2D eigenvalue weighted by molar-refractivity contribution is 5.97. The van der Waals surface area contributed by atoms with Crippen molar-refractivity contribution in [1.29, 1.82) is 0 Å². The van der Waals surface area contributed by atoms with Crippen LogP contribution in [0.4, 0.5) is 0 Å². The van der Waals surface area contributed by atoms with Crippen LogP contribution in [0.1, 0.15) is 24.5 Å². The summed E-state index contributed by atoms with van der Waals surface area (Å²) in [4.78, 5) is 4.84. The third-order valence-electron chi connectivity index (χ3n) is 3.71. The summed E-state index contributed by atoms with van der Waals surface area (Å²) in [5.74, 6) is 0. The lowest BCUT2D eigenvalue weighted by molar-refractivity contribution is 0.215. The molecule has 2 heteroatoms. The van der Waals surface area contributed by atoms with Crippen molar-refractivity contribution in [3.8, 4) is 0 Å². The lowest BCUT2D eigenvalue weighted by atomic mass is 9.94. The third-order valence-corrected chi connectivity index (χ3v) is 3.71. The van der Waals surface area contributed by atoms with Gasteiger partial charge in [0.2, 0.25) is 0 Å². The van der Waals surface area contributed by atoms with Gasteiger partial charge in [-0.15, -0.1) is 0 Å². The van der Waals surface area contributed by atoms with Crippen molar-refractivity contribution in [3.05, 3.63) is 65.3 Å². The van der Waals surface area contributed by atoms with Crippen LogP contribution < -0.4 is 0 Å². The monoisotopic (exact) mass is 263 g/mol. The van der Waals surface area contributed by atoms with Gasteiger partial charge in [0, 0.05) is 5.56 Å². The van der Waals surface area contributed by atoms with Crippen LogP contribution in [0.5, 0.6) is 0 Å². The summed E-state index contributed by atoms with van der Waals surface area (Å²) in [7, 11) is 1.57. The van der Waals surface area contributed by atoms with Crippen LogP contribution in [0.25, 0.3) is 16.3 Å². The number of hydrogen-bond acceptors (Lipinski definition) is 2. The van der Waals surface area contributed by atoms with E-state index < -0.39 is 0 Å². The molecule has 100 valence electrons. The topological polar surface area (TPSA) is 21.6 Å². The first-order valence-corrected chi connectivity index (χ1v) is 6.75. The molecule has 0 atom stereocenters. The molecule has 2 nitrogen and oxygen atoms in total. The molecular weight excluding hydrogens is 246 g/mol. The van der Waals surface area contributed by atoms with Crippen molar-refractivity contribution < 1.29 is 4.84 Å². The maximum absolute atomic E-state index is 4.84. The van der Waals surface area contributed by atoms with Crippen LogP contribution in [0.2, 0.25) is 0 Å². The van der Waals surface area contributed by atoms with E-state index in [0.717, 1.165) is 12.0 Å². The molecule has 0 saturated carbocycles. The maximum Gasteiger partial charge on any atom is 0.106 e. The van der Waals surface area contributed by atoms with Crippen LogP contribution in [-0.2, 0) is 4.84 Å². The summed E-state index contributed by atoms with van der Waals surface area (Å²) in [5.41, 5.74) is 5.04. The molecule has 2 aromatic carbocycles. The molecule has 0 amide bonds. The second kappa shape index (κ2) is 5.33. The fourth-order valence-corrected chi connectivity index (χ4v) is 2.67. The molecule has 1 aliphatic carbocycles. The SMILES string of the molecule is CON=Cc1cc2ccccc2cc1C1=C(C)C=CC1. The van der Waals surface area contributed by atoms with Gasteiger partial charge >= 0.3 is 0 Å². The summed E-state index contributed by atoms with van der Waals surface area (Å²) >= 11 is 0. The van der Waals surface area contributed by atoms with Crippen LogP contribution in [0.3, 0.4) is 0 Å². The van der Waals surface area contributed by atoms with Gasteiger partial charge in [-0.3, -0.25) is 0 Å². The molecule has 0 fully saturated rings. The Bertz CT molecular complexity index is 738. The van der Waals surface area contributed by atoms with E-state index >= 15 is 0 Å². The largest absolute Gasteiger partial charge is 0.399 e. The number of oxime groups is 1. The van der Waals surface area contributed by atoms with Crippen molar-refractivity contribution in [1.82, 2.24) is 0 Å². The molecule has 20 heavy (non-hydrogen) atoms. The van der Waals surface area contributed by atoms with Crippen LogP contribution in [0.15, 0.2) is 59.3 Å². The minimum absolute atomic E-state index is 0.984. The zero-order valence-corrected chi connectivity index (χ0v) is 11.8. The minimum Gasteiger partial charge on any atom is -0.399 e. The van der Waals surface area contributed by atoms with Crippen molar-refractivity contribution in [2.75, 3.05) is 7.11 Å². The van der Waals surface area contributed by atoms with Gasteiger partial charge in [0.1, 0.15) is 7.11 Å². The molecule has 3 rings (SSSR count). The van der Waals surface area contributed by atoms with Gasteiger partial charge in [-0.25, -0.2) is 0 Å². The van der Waals surface area contributed by atoms with Crippen LogP contribution in [0, 0.1) is 0 Å². The Morgan fingerprint density at radius 1 is 1.15 bits per heavy atom. The second-order valence-electron chi connectivity index (χ2n) is 4.97. The summed E-state index contributed by atoms with van der Waals surface area (Å²) in [6, 6.07) is 12.8. The molecular formula is C18H17NO. The van der Waals surface area contributed by atoms with Crippen LogP contribution >= 0.6 is 0 Å². The van der Waals surface area contributed by atoms with Gasteiger partial charge in [-0.2, -0.15) is 0 Å². The predicted octanol–water partition coefficient (Wildman–Crippen LogP) is 4.55. The zero-order chi connectivity index (χ0) is 13.9. The van der Waals surface area contributed by atoms with E-state index in [1.54, 1.807) is 13.3 Å². The van der Waals surface area contributed by atoms with Gasteiger partial charge in [0.15, 0.2) is 0 Å². The lowest BCUT2D eigenvalue weighted by Crippen LogP contribution is -1.94. The fraction of sp³-hybridized carbons (Fsp3) is 0.167. The molecule has 0 spiro atoms. The first kappa shape index (κ1) is 12.7. The number of allylic oxidation sites excluding steroid dienone is 4. The van der Waals surface area contributed by atoms with Crippen molar-refractivity contribution >= 4 is 22.6 Å². The van der Waals surface area contributed by atoms with Gasteiger partial charge in [0.05, 0.1) is 6.21 Å². The van der Waals surface area contributed by atoms with E-state index in [1.165, 1.54) is 27.5 Å². The van der Waals surface area contributed by atoms with Crippen molar-refractivity contribution in [2.24, 2.45) is 5.16 Å². The summed E-state index contributed by atoms with van der Waals surface area (Å²) in [6.07, 6.45) is 7.16. The average Bonchev–Trinajstić information content (AvgIpc) is 2.90. The predicted molar refractivity (Wildman–Crippen MR) is 84.9 cm³/mol. The molecule has 2 aromatic rings. The smallest absolute Gasteiger partial charge is 0.106 e. The van der Waals surface area contributed by atoms with E-state index in [4.69, 9.17) is 4.84 Å². The van der Waals surface area contributed by atoms with Crippen molar-refractivity contribution in [2.45, 2.75) is 13.3 Å². The Morgan fingerprint density at radius 2 is 1.90 bits per heavy atom. The highest BCUT2D eigenvalue weighted by Crippen LogP contribution is 2.32. The Labute approximate surface area is 119 Å². The fourth-order valence-electron chi connectivity index (χ4n) is 2.67. The Balaban J connectivity index is 2.22. The molecule has 0 heterocycles. The standard InChI is InChI=1S/C18H17NO/c1-13-6-5-9-17(13)18-11-15-8-4-3-7-14(15)10-16(18)12-19-20-2/h3-8,10-12H,9H2,1-2H3. The highest BCUT2D eigenvalue weighted by Gasteiger charge is 2.12. The number of hydrogen-bond donors (Lipinski definition) is 0. The number of rotatable bonds is 3. The maximum atomic E-state index is 4.84. The summed E-state index contributed by atoms with van der Waals surface area (Å²) < 4.78 is 0. The molecule has 0 N–H and O–H groups in total. The number of benzene rings is 2. The Kier molecular flexibility index (Phi) is 3.38. The highest BCUT2D eigenvalue weighted by atomic mass is 16.6. The zero-order valence-electron chi connectivity index (χ0n) is 11.8. The van der Waals surface area contributed by atoms with E-state index in [2.05, 4.69) is 60.6 Å². The number of nitrogens with zero attached hydrogens (tertiary/aromatic N) is 1. The normalized spacial score (nSPS) is 14.7. The number of fused-ring (bicyclic) bond motifs is 1. The molecule has 0 saturated heterocycles. The second-order valence-corrected chi connectivity index (χ2v) is 4.97. The van der Waals surface area contributed by atoms with E-state index in [-0.39, 0.29) is 0 Å². The van der Waals surface area contributed by atoms with Crippen LogP contribution in [-0.4, -0.2) is 13.3 Å². The minimum atomic E-state index is 0.984. The van der Waals surface area contributed by atoms with E-state index in [9.17, 15) is 0 Å². The Morgan fingerprint density at radius 3 is 2.55 bits per heavy atom. The van der Waals surface area contributed by atoms with Gasteiger partial charge in [-0.05, 0) is 53.0 Å². The van der Waals surface area contributed by atoms with E-state index in [0.29, 0.717) is 0 Å². The first-order valence-electron chi connectivity index (χ1n) is 6.75. The Hall–Kier alpha value is -2.35. The summed E-state index contributed by atoms with van der Waals surface area (Å²) in [6.45, 7) is 2.16.